The molecule has 2 aromatic carbocycles. The maximum Gasteiger partial charge on any atom is 0.328 e. The van der Waals surface area contributed by atoms with Gasteiger partial charge in [-0.15, -0.1) is 0 Å². The lowest BCUT2D eigenvalue weighted by Crippen LogP contribution is -2.48. The quantitative estimate of drug-likeness (QED) is 0.542. The van der Waals surface area contributed by atoms with Crippen molar-refractivity contribution in [1.82, 2.24) is 9.88 Å². The zero-order valence-corrected chi connectivity index (χ0v) is 17.9. The molecule has 0 radical (unpaired) electrons. The van der Waals surface area contributed by atoms with Crippen molar-refractivity contribution in [1.29, 1.82) is 0 Å². The van der Waals surface area contributed by atoms with Gasteiger partial charge in [-0.1, -0.05) is 0 Å². The molecular formula is C24H23F3N2O3. The number of carbonyl (C=O) groups is 1. The van der Waals surface area contributed by atoms with E-state index in [1.165, 1.54) is 20.2 Å². The van der Waals surface area contributed by atoms with Crippen molar-refractivity contribution >= 4 is 23.1 Å². The molecule has 0 spiro atoms. The lowest BCUT2D eigenvalue weighted by atomic mass is 9.83. The minimum atomic E-state index is -1.60. The van der Waals surface area contributed by atoms with E-state index in [0.717, 1.165) is 29.8 Å². The molecule has 2 heterocycles. The number of carboxylic acids is 1. The third kappa shape index (κ3) is 4.27. The molecule has 1 aliphatic heterocycles. The molecule has 0 bridgehead atoms. The normalized spacial score (nSPS) is 19.6. The van der Waals surface area contributed by atoms with Crippen LogP contribution in [-0.4, -0.2) is 39.2 Å². The van der Waals surface area contributed by atoms with Gasteiger partial charge in [0.1, 0.15) is 22.8 Å². The van der Waals surface area contributed by atoms with E-state index in [0.29, 0.717) is 23.1 Å². The molecule has 0 amide bonds. The second-order valence-electron chi connectivity index (χ2n) is 8.79. The number of fused-ring (bicyclic) bond motifs is 2. The molecule has 0 saturated carbocycles. The molecule has 0 saturated heterocycles. The highest BCUT2D eigenvalue weighted by Gasteiger charge is 2.39. The summed E-state index contributed by atoms with van der Waals surface area (Å²) in [6.45, 7) is 4.72. The van der Waals surface area contributed by atoms with Crippen LogP contribution in [0, 0.1) is 11.6 Å². The van der Waals surface area contributed by atoms with Crippen LogP contribution in [0.5, 0.6) is 0 Å². The minimum Gasteiger partial charge on any atom is -0.478 e. The van der Waals surface area contributed by atoms with Crippen LogP contribution in [-0.2, 0) is 11.2 Å². The van der Waals surface area contributed by atoms with Crippen molar-refractivity contribution in [2.75, 3.05) is 6.54 Å². The number of aliphatic carboxylic acids is 1. The van der Waals surface area contributed by atoms with Crippen molar-refractivity contribution in [3.8, 4) is 0 Å². The average Bonchev–Trinajstić information content (AvgIpc) is 3.13. The van der Waals surface area contributed by atoms with Crippen LogP contribution in [0.3, 0.4) is 0 Å². The number of rotatable bonds is 5. The van der Waals surface area contributed by atoms with E-state index in [-0.39, 0.29) is 23.7 Å². The molecule has 1 aromatic heterocycles. The average molecular weight is 444 g/mol. The second-order valence-corrected chi connectivity index (χ2v) is 8.79. The van der Waals surface area contributed by atoms with Crippen LogP contribution in [0.4, 0.5) is 13.2 Å². The molecule has 5 nitrogen and oxygen atoms in total. The SMILES string of the molecule is C[C@H]1Cc2cc3ocnc3cc2[C@H](c2c(F)cc(/C=C/C(=O)O)cc2F)N1CC(C)(C)F. The van der Waals surface area contributed by atoms with Gasteiger partial charge in [0.2, 0.25) is 0 Å². The van der Waals surface area contributed by atoms with Gasteiger partial charge in [-0.05, 0) is 74.2 Å². The summed E-state index contributed by atoms with van der Waals surface area (Å²) in [6.07, 6.45) is 3.80. The number of hydrogen-bond donors (Lipinski definition) is 1. The standard InChI is InChI=1S/C24H23F3N2O3/c1-13-6-15-9-20-19(28-12-32-20)10-16(15)23(29(13)11-24(2,3)27)22-17(25)7-14(8-18(22)26)4-5-21(30)31/h4-5,7-10,12-13,23H,6,11H2,1-3H3,(H,30,31)/b5-4+/t13-,23+/m0/s1. The van der Waals surface area contributed by atoms with Gasteiger partial charge < -0.3 is 9.52 Å². The molecule has 0 unspecified atom stereocenters. The first-order chi connectivity index (χ1) is 15.0. The number of benzene rings is 2. The molecule has 0 fully saturated rings. The van der Waals surface area contributed by atoms with Crippen LogP contribution in [0.15, 0.2) is 41.2 Å². The topological polar surface area (TPSA) is 66.6 Å². The summed E-state index contributed by atoms with van der Waals surface area (Å²) in [5.74, 6) is -2.89. The van der Waals surface area contributed by atoms with Crippen molar-refractivity contribution < 1.29 is 27.5 Å². The third-order valence-electron chi connectivity index (χ3n) is 5.65. The first-order valence-corrected chi connectivity index (χ1v) is 10.2. The second kappa shape index (κ2) is 8.09. The first-order valence-electron chi connectivity index (χ1n) is 10.2. The number of oxazole rings is 1. The number of carboxylic acid groups (broad SMARTS) is 1. The highest BCUT2D eigenvalue weighted by Crippen LogP contribution is 2.42. The van der Waals surface area contributed by atoms with Gasteiger partial charge in [-0.2, -0.15) is 0 Å². The Labute approximate surface area is 183 Å². The maximum atomic E-state index is 15.3. The monoisotopic (exact) mass is 444 g/mol. The van der Waals surface area contributed by atoms with Gasteiger partial charge in [-0.3, -0.25) is 4.90 Å². The fraction of sp³-hybridized carbons (Fsp3) is 0.333. The van der Waals surface area contributed by atoms with Gasteiger partial charge in [0.25, 0.3) is 0 Å². The zero-order chi connectivity index (χ0) is 23.2. The van der Waals surface area contributed by atoms with Gasteiger partial charge >= 0.3 is 5.97 Å². The van der Waals surface area contributed by atoms with Crippen molar-refractivity contribution in [2.45, 2.75) is 44.9 Å². The Kier molecular flexibility index (Phi) is 5.58. The summed E-state index contributed by atoms with van der Waals surface area (Å²) in [7, 11) is 0. The molecule has 2 atom stereocenters. The van der Waals surface area contributed by atoms with E-state index in [1.807, 2.05) is 13.0 Å². The number of nitrogens with zero attached hydrogens (tertiary/aromatic N) is 2. The molecule has 32 heavy (non-hydrogen) atoms. The molecular weight excluding hydrogens is 421 g/mol. The Morgan fingerprint density at radius 2 is 1.97 bits per heavy atom. The lowest BCUT2D eigenvalue weighted by Gasteiger charge is -2.44. The highest BCUT2D eigenvalue weighted by atomic mass is 19.1. The van der Waals surface area contributed by atoms with Crippen LogP contribution in [0.1, 0.15) is 49.1 Å². The largest absolute Gasteiger partial charge is 0.478 e. The van der Waals surface area contributed by atoms with E-state index >= 15 is 8.78 Å². The summed E-state index contributed by atoms with van der Waals surface area (Å²) in [6, 6.07) is 4.64. The molecule has 3 aromatic rings. The summed E-state index contributed by atoms with van der Waals surface area (Å²) in [5.41, 5.74) is 0.887. The Morgan fingerprint density at radius 3 is 2.59 bits per heavy atom. The number of alkyl halides is 1. The molecule has 1 N–H and O–H groups in total. The van der Waals surface area contributed by atoms with Gasteiger partial charge in [0.05, 0.1) is 6.04 Å². The fourth-order valence-electron chi connectivity index (χ4n) is 4.39. The van der Waals surface area contributed by atoms with Crippen molar-refractivity contribution in [3.05, 3.63) is 70.6 Å². The molecule has 8 heteroatoms. The smallest absolute Gasteiger partial charge is 0.328 e. The first kappa shape index (κ1) is 22.1. The van der Waals surface area contributed by atoms with E-state index in [9.17, 15) is 9.18 Å². The van der Waals surface area contributed by atoms with Crippen LogP contribution < -0.4 is 0 Å². The minimum absolute atomic E-state index is 0.0331. The Morgan fingerprint density at radius 1 is 1.28 bits per heavy atom. The summed E-state index contributed by atoms with van der Waals surface area (Å²) >= 11 is 0. The Bertz CT molecular complexity index is 1190. The van der Waals surface area contributed by atoms with Gasteiger partial charge in [-0.25, -0.2) is 22.9 Å². The summed E-state index contributed by atoms with van der Waals surface area (Å²) < 4.78 is 50.8. The van der Waals surface area contributed by atoms with Crippen LogP contribution in [0.25, 0.3) is 17.2 Å². The van der Waals surface area contributed by atoms with E-state index in [2.05, 4.69) is 4.98 Å². The number of hydrogen-bond acceptors (Lipinski definition) is 4. The Balaban J connectivity index is 1.91. The number of aromatic nitrogens is 1. The lowest BCUT2D eigenvalue weighted by molar-refractivity contribution is -0.131. The number of halogens is 3. The molecule has 1 aliphatic rings. The Hall–Kier alpha value is -3.13. The molecule has 0 aliphatic carbocycles. The van der Waals surface area contributed by atoms with E-state index in [4.69, 9.17) is 9.52 Å². The summed E-state index contributed by atoms with van der Waals surface area (Å²) in [4.78, 5) is 16.7. The zero-order valence-electron chi connectivity index (χ0n) is 17.9. The van der Waals surface area contributed by atoms with E-state index < -0.39 is 29.3 Å². The van der Waals surface area contributed by atoms with Crippen LogP contribution >= 0.6 is 0 Å². The van der Waals surface area contributed by atoms with Gasteiger partial charge in [0, 0.05) is 24.2 Å². The van der Waals surface area contributed by atoms with Gasteiger partial charge in [0.15, 0.2) is 12.0 Å². The maximum absolute atomic E-state index is 15.3. The fourth-order valence-corrected chi connectivity index (χ4v) is 4.39. The van der Waals surface area contributed by atoms with E-state index in [1.54, 1.807) is 11.0 Å². The molecule has 4 rings (SSSR count). The van der Waals surface area contributed by atoms with Crippen molar-refractivity contribution in [2.24, 2.45) is 0 Å². The summed E-state index contributed by atoms with van der Waals surface area (Å²) in [5, 5.41) is 8.79. The molecule has 168 valence electrons. The van der Waals surface area contributed by atoms with Crippen LogP contribution in [0.2, 0.25) is 0 Å². The van der Waals surface area contributed by atoms with Crippen molar-refractivity contribution in [3.63, 3.8) is 0 Å². The third-order valence-corrected chi connectivity index (χ3v) is 5.65. The predicted molar refractivity (Wildman–Crippen MR) is 114 cm³/mol. The highest BCUT2D eigenvalue weighted by molar-refractivity contribution is 5.85. The predicted octanol–water partition coefficient (Wildman–Crippen LogP) is 5.29.